The van der Waals surface area contributed by atoms with Crippen LogP contribution < -0.4 is 4.90 Å². The van der Waals surface area contributed by atoms with Crippen LogP contribution >= 0.6 is 22.6 Å². The molecular weight excluding hydrogens is 477 g/mol. The van der Waals surface area contributed by atoms with Crippen LogP contribution in [0.1, 0.15) is 59.3 Å². The smallest absolute Gasteiger partial charge is 0.308 e. The highest BCUT2D eigenvalue weighted by molar-refractivity contribution is 14.1. The molecule has 2 aromatic rings. The zero-order chi connectivity index (χ0) is 20.7. The first kappa shape index (κ1) is 19.9. The molecule has 0 atom stereocenters. The fraction of sp³-hybridized carbons (Fsp3) is 0.348. The van der Waals surface area contributed by atoms with Crippen molar-refractivity contribution in [2.24, 2.45) is 0 Å². The normalized spacial score (nSPS) is 15.4. The summed E-state index contributed by atoms with van der Waals surface area (Å²) in [4.78, 5) is 33.4. The second kappa shape index (κ2) is 7.79. The zero-order valence-electron chi connectivity index (χ0n) is 16.8. The average molecular weight is 499 g/mol. The summed E-state index contributed by atoms with van der Waals surface area (Å²) in [5, 5.41) is 0. The van der Waals surface area contributed by atoms with E-state index in [0.717, 1.165) is 35.2 Å². The third kappa shape index (κ3) is 3.52. The summed E-state index contributed by atoms with van der Waals surface area (Å²) in [5.74, 6) is 5.81. The maximum absolute atomic E-state index is 13.1. The number of hydrogen-bond acceptors (Lipinski definition) is 3. The molecule has 1 aliphatic heterocycles. The molecule has 1 aromatic carbocycles. The predicted octanol–water partition coefficient (Wildman–Crippen LogP) is 4.54. The Balaban J connectivity index is 1.89. The van der Waals surface area contributed by atoms with Gasteiger partial charge in [-0.05, 0) is 90.4 Å². The van der Waals surface area contributed by atoms with E-state index in [9.17, 15) is 9.59 Å². The molecule has 0 radical (unpaired) electrons. The van der Waals surface area contributed by atoms with Crippen LogP contribution in [0, 0.1) is 22.3 Å². The summed E-state index contributed by atoms with van der Waals surface area (Å²) in [6, 6.07) is 7.94. The van der Waals surface area contributed by atoms with E-state index >= 15 is 0 Å². The number of amides is 2. The molecule has 5 nitrogen and oxygen atoms in total. The topological polar surface area (TPSA) is 53.5 Å². The fourth-order valence-electron chi connectivity index (χ4n) is 3.84. The molecule has 1 saturated carbocycles. The minimum absolute atomic E-state index is 0.117. The first-order valence-corrected chi connectivity index (χ1v) is 10.8. The SMILES string of the molecule is CC#CC(=O)N(c1ccc2c(n1)C(=O)N(C)C2)c1cc(C)c(I)cc1C1CCC1. The number of fused-ring (bicyclic) bond motifs is 1. The van der Waals surface area contributed by atoms with Gasteiger partial charge in [-0.25, -0.2) is 4.98 Å². The van der Waals surface area contributed by atoms with Gasteiger partial charge in [0.15, 0.2) is 0 Å². The lowest BCUT2D eigenvalue weighted by molar-refractivity contribution is -0.112. The van der Waals surface area contributed by atoms with Gasteiger partial charge in [-0.2, -0.15) is 0 Å². The Hall–Kier alpha value is -2.40. The molecule has 29 heavy (non-hydrogen) atoms. The maximum atomic E-state index is 13.1. The minimum Gasteiger partial charge on any atom is -0.336 e. The van der Waals surface area contributed by atoms with Crippen LogP contribution in [0.3, 0.4) is 0 Å². The van der Waals surface area contributed by atoms with Crippen molar-refractivity contribution in [1.29, 1.82) is 0 Å². The van der Waals surface area contributed by atoms with Crippen LogP contribution in [-0.2, 0) is 11.3 Å². The standard InChI is InChI=1S/C23H22IN3O2/c1-4-6-21(28)27(20-10-9-16-13-26(3)23(29)22(16)25-20)19-11-14(2)18(24)12-17(19)15-7-5-8-15/h9-12,15H,5,7-8,13H2,1-3H3. The van der Waals surface area contributed by atoms with Gasteiger partial charge in [0.25, 0.3) is 5.91 Å². The largest absolute Gasteiger partial charge is 0.336 e. The van der Waals surface area contributed by atoms with Crippen molar-refractivity contribution in [2.75, 3.05) is 11.9 Å². The maximum Gasteiger partial charge on any atom is 0.308 e. The molecule has 0 unspecified atom stereocenters. The second-order valence-corrected chi connectivity index (χ2v) is 8.80. The number of pyridine rings is 1. The molecule has 0 bridgehead atoms. The molecule has 4 rings (SSSR count). The van der Waals surface area contributed by atoms with E-state index < -0.39 is 0 Å². The highest BCUT2D eigenvalue weighted by atomic mass is 127. The minimum atomic E-state index is -0.333. The van der Waals surface area contributed by atoms with Crippen molar-refractivity contribution in [3.8, 4) is 11.8 Å². The Morgan fingerprint density at radius 1 is 1.31 bits per heavy atom. The van der Waals surface area contributed by atoms with E-state index in [1.807, 2.05) is 25.1 Å². The van der Waals surface area contributed by atoms with Crippen LogP contribution in [0.15, 0.2) is 24.3 Å². The number of halogens is 1. The number of aryl methyl sites for hydroxylation is 1. The third-order valence-electron chi connectivity index (χ3n) is 5.68. The van der Waals surface area contributed by atoms with Gasteiger partial charge in [0, 0.05) is 22.7 Å². The van der Waals surface area contributed by atoms with Crippen LogP contribution in [0.2, 0.25) is 0 Å². The third-order valence-corrected chi connectivity index (χ3v) is 6.84. The molecule has 6 heteroatoms. The monoisotopic (exact) mass is 499 g/mol. The summed E-state index contributed by atoms with van der Waals surface area (Å²) >= 11 is 2.34. The Morgan fingerprint density at radius 2 is 2.07 bits per heavy atom. The average Bonchev–Trinajstić information content (AvgIpc) is 2.92. The Kier molecular flexibility index (Phi) is 5.34. The number of carbonyl (C=O) groups is 2. The van der Waals surface area contributed by atoms with Gasteiger partial charge in [0.1, 0.15) is 11.5 Å². The second-order valence-electron chi connectivity index (χ2n) is 7.64. The van der Waals surface area contributed by atoms with Gasteiger partial charge in [-0.1, -0.05) is 18.4 Å². The van der Waals surface area contributed by atoms with E-state index in [2.05, 4.69) is 45.5 Å². The van der Waals surface area contributed by atoms with Gasteiger partial charge in [-0.15, -0.1) is 0 Å². The number of benzene rings is 1. The molecule has 2 amide bonds. The summed E-state index contributed by atoms with van der Waals surface area (Å²) in [6.45, 7) is 4.23. The van der Waals surface area contributed by atoms with Crippen molar-refractivity contribution >= 4 is 45.9 Å². The van der Waals surface area contributed by atoms with Crippen molar-refractivity contribution in [1.82, 2.24) is 9.88 Å². The fourth-order valence-corrected chi connectivity index (χ4v) is 4.34. The van der Waals surface area contributed by atoms with Crippen LogP contribution in [-0.4, -0.2) is 28.7 Å². The van der Waals surface area contributed by atoms with E-state index in [4.69, 9.17) is 0 Å². The molecule has 1 aromatic heterocycles. The zero-order valence-corrected chi connectivity index (χ0v) is 18.9. The van der Waals surface area contributed by atoms with Gasteiger partial charge < -0.3 is 4.90 Å². The molecule has 0 N–H and O–H groups in total. The van der Waals surface area contributed by atoms with Gasteiger partial charge >= 0.3 is 5.91 Å². The molecule has 2 aliphatic rings. The Labute approximate surface area is 184 Å². The Bertz CT molecular complexity index is 1080. The molecule has 148 valence electrons. The first-order chi connectivity index (χ1) is 13.9. The van der Waals surface area contributed by atoms with E-state index in [0.29, 0.717) is 24.0 Å². The molecule has 0 spiro atoms. The molecule has 1 fully saturated rings. The summed E-state index contributed by atoms with van der Waals surface area (Å²) in [5.41, 5.74) is 4.38. The van der Waals surface area contributed by atoms with Gasteiger partial charge in [0.2, 0.25) is 0 Å². The summed E-state index contributed by atoms with van der Waals surface area (Å²) < 4.78 is 1.18. The van der Waals surface area contributed by atoms with Crippen LogP contribution in [0.25, 0.3) is 0 Å². The molecule has 1 aliphatic carbocycles. The highest BCUT2D eigenvalue weighted by Crippen LogP contribution is 2.44. The van der Waals surface area contributed by atoms with Crippen LogP contribution in [0.4, 0.5) is 11.5 Å². The number of hydrogen-bond donors (Lipinski definition) is 0. The van der Waals surface area contributed by atoms with E-state index in [-0.39, 0.29) is 11.8 Å². The molecular formula is C23H22IN3O2. The van der Waals surface area contributed by atoms with Crippen molar-refractivity contribution in [3.05, 3.63) is 50.2 Å². The molecule has 0 saturated heterocycles. The van der Waals surface area contributed by atoms with Crippen molar-refractivity contribution in [3.63, 3.8) is 0 Å². The number of carbonyl (C=O) groups excluding carboxylic acids is 2. The lowest BCUT2D eigenvalue weighted by atomic mass is 9.79. The lowest BCUT2D eigenvalue weighted by Crippen LogP contribution is -2.28. The quantitative estimate of drug-likeness (QED) is 0.461. The Morgan fingerprint density at radius 3 is 2.72 bits per heavy atom. The van der Waals surface area contributed by atoms with Crippen molar-refractivity contribution in [2.45, 2.75) is 45.6 Å². The number of rotatable bonds is 3. The predicted molar refractivity (Wildman–Crippen MR) is 121 cm³/mol. The van der Waals surface area contributed by atoms with Crippen LogP contribution in [0.5, 0.6) is 0 Å². The lowest BCUT2D eigenvalue weighted by Gasteiger charge is -2.32. The van der Waals surface area contributed by atoms with Gasteiger partial charge in [-0.3, -0.25) is 14.5 Å². The summed E-state index contributed by atoms with van der Waals surface area (Å²) in [6.07, 6.45) is 3.44. The number of aromatic nitrogens is 1. The van der Waals surface area contributed by atoms with Crippen molar-refractivity contribution < 1.29 is 9.59 Å². The number of anilines is 2. The summed E-state index contributed by atoms with van der Waals surface area (Å²) in [7, 11) is 1.76. The van der Waals surface area contributed by atoms with Gasteiger partial charge in [0.05, 0.1) is 5.69 Å². The first-order valence-electron chi connectivity index (χ1n) is 9.73. The number of nitrogens with zero attached hydrogens (tertiary/aromatic N) is 3. The van der Waals surface area contributed by atoms with E-state index in [1.54, 1.807) is 23.8 Å². The van der Waals surface area contributed by atoms with E-state index in [1.165, 1.54) is 9.99 Å². The highest BCUT2D eigenvalue weighted by Gasteiger charge is 2.31. The molecule has 2 heterocycles.